The Balaban J connectivity index is 1.64. The zero-order valence-corrected chi connectivity index (χ0v) is 16.1. The normalized spacial score (nSPS) is 10.6. The summed E-state index contributed by atoms with van der Waals surface area (Å²) in [6, 6.07) is 22.3. The van der Waals surface area contributed by atoms with Crippen molar-refractivity contribution in [2.75, 3.05) is 5.48 Å². The van der Waals surface area contributed by atoms with Crippen LogP contribution in [0, 0.1) is 6.92 Å². The third-order valence-electron chi connectivity index (χ3n) is 4.34. The molecule has 0 radical (unpaired) electrons. The molecule has 29 heavy (non-hydrogen) atoms. The fraction of sp³-hybridized carbons (Fsp3) is 0.174. The predicted octanol–water partition coefficient (Wildman–Crippen LogP) is 4.89. The summed E-state index contributed by atoms with van der Waals surface area (Å²) in [6.45, 7) is 2.37. The van der Waals surface area contributed by atoms with Crippen LogP contribution in [0.15, 0.2) is 72.8 Å². The molecular formula is C23H23NO5. The molecule has 0 aliphatic carbocycles. The van der Waals surface area contributed by atoms with Crippen molar-refractivity contribution < 1.29 is 24.5 Å². The van der Waals surface area contributed by atoms with Crippen molar-refractivity contribution in [1.82, 2.24) is 0 Å². The van der Waals surface area contributed by atoms with Gasteiger partial charge in [-0.3, -0.25) is 15.6 Å². The quantitative estimate of drug-likeness (QED) is 0.306. The highest BCUT2D eigenvalue weighted by molar-refractivity contribution is 5.89. The van der Waals surface area contributed by atoms with Crippen LogP contribution in [0.25, 0.3) is 0 Å². The van der Waals surface area contributed by atoms with Crippen LogP contribution in [0.4, 0.5) is 5.69 Å². The Kier molecular flexibility index (Phi) is 7.35. The number of aryl methyl sites for hydroxylation is 1. The molecule has 0 amide bonds. The lowest BCUT2D eigenvalue weighted by Gasteiger charge is -2.12. The third-order valence-corrected chi connectivity index (χ3v) is 4.34. The van der Waals surface area contributed by atoms with Crippen molar-refractivity contribution in [1.29, 1.82) is 0 Å². The summed E-state index contributed by atoms with van der Waals surface area (Å²) in [5.41, 5.74) is 7.55. The molecule has 0 atom stereocenters. The molecule has 0 fully saturated rings. The molecule has 0 heterocycles. The van der Waals surface area contributed by atoms with Crippen molar-refractivity contribution in [3.8, 4) is 0 Å². The molecule has 6 heteroatoms. The molecule has 0 spiro atoms. The van der Waals surface area contributed by atoms with Crippen molar-refractivity contribution in [3.63, 3.8) is 0 Å². The molecule has 0 saturated carbocycles. The summed E-state index contributed by atoms with van der Waals surface area (Å²) < 4.78 is 5.38. The van der Waals surface area contributed by atoms with E-state index >= 15 is 0 Å². The van der Waals surface area contributed by atoms with E-state index in [-0.39, 0.29) is 19.8 Å². The van der Waals surface area contributed by atoms with E-state index in [2.05, 4.69) is 10.4 Å². The maximum Gasteiger partial charge on any atom is 0.338 e. The van der Waals surface area contributed by atoms with Crippen LogP contribution in [0.1, 0.15) is 32.6 Å². The molecule has 0 aliphatic heterocycles. The fourth-order valence-electron chi connectivity index (χ4n) is 2.72. The first-order valence-corrected chi connectivity index (χ1v) is 9.19. The second kappa shape index (κ2) is 10.4. The average molecular weight is 393 g/mol. The molecule has 0 bridgehead atoms. The third kappa shape index (κ3) is 6.15. The summed E-state index contributed by atoms with van der Waals surface area (Å²) in [5, 5.41) is 8.81. The number of carbonyl (C=O) groups excluding carboxylic acids is 1. The number of hydrogen-bond donors (Lipinski definition) is 2. The highest BCUT2D eigenvalue weighted by Gasteiger charge is 2.12. The van der Waals surface area contributed by atoms with Gasteiger partial charge in [-0.2, -0.15) is 0 Å². The van der Waals surface area contributed by atoms with Crippen LogP contribution in [-0.4, -0.2) is 11.2 Å². The monoisotopic (exact) mass is 393 g/mol. The summed E-state index contributed by atoms with van der Waals surface area (Å²) in [5.74, 6) is -0.432. The number of carbonyl (C=O) groups is 1. The number of benzene rings is 3. The van der Waals surface area contributed by atoms with E-state index in [0.29, 0.717) is 16.7 Å². The first-order valence-electron chi connectivity index (χ1n) is 9.19. The van der Waals surface area contributed by atoms with Crippen LogP contribution in [0.5, 0.6) is 0 Å². The van der Waals surface area contributed by atoms with Gasteiger partial charge in [0.1, 0.15) is 19.8 Å². The molecule has 3 aromatic rings. The van der Waals surface area contributed by atoms with E-state index in [1.807, 2.05) is 61.5 Å². The van der Waals surface area contributed by atoms with Crippen LogP contribution in [0.2, 0.25) is 0 Å². The molecule has 6 nitrogen and oxygen atoms in total. The number of ether oxygens (including phenoxy) is 1. The molecule has 0 unspecified atom stereocenters. The lowest BCUT2D eigenvalue weighted by Crippen LogP contribution is -2.09. The van der Waals surface area contributed by atoms with Gasteiger partial charge < -0.3 is 4.74 Å². The van der Waals surface area contributed by atoms with Gasteiger partial charge in [0.25, 0.3) is 0 Å². The molecule has 150 valence electrons. The van der Waals surface area contributed by atoms with Gasteiger partial charge in [0.2, 0.25) is 0 Å². The smallest absolute Gasteiger partial charge is 0.338 e. The number of hydrogen-bond acceptors (Lipinski definition) is 6. The van der Waals surface area contributed by atoms with Gasteiger partial charge in [0.05, 0.1) is 11.3 Å². The van der Waals surface area contributed by atoms with Gasteiger partial charge in [-0.15, -0.1) is 0 Å². The highest BCUT2D eigenvalue weighted by Crippen LogP contribution is 2.17. The number of esters is 1. The van der Waals surface area contributed by atoms with E-state index < -0.39 is 5.97 Å². The van der Waals surface area contributed by atoms with Crippen LogP contribution in [-0.2, 0) is 34.3 Å². The zero-order valence-electron chi connectivity index (χ0n) is 16.1. The Morgan fingerprint density at radius 1 is 0.897 bits per heavy atom. The summed E-state index contributed by atoms with van der Waals surface area (Å²) in [4.78, 5) is 22.2. The van der Waals surface area contributed by atoms with E-state index in [4.69, 9.17) is 14.8 Å². The fourth-order valence-corrected chi connectivity index (χ4v) is 2.72. The standard InChI is InChI=1S/C23H23NO5/c1-17-7-11-22(12-8-17)24-28-15-21-13-19(9-10-20(21)16-29-26)23(25)27-14-18-5-3-2-4-6-18/h2-13,24,26H,14-16H2,1H3. The second-order valence-corrected chi connectivity index (χ2v) is 6.58. The molecule has 2 N–H and O–H groups in total. The molecule has 0 saturated heterocycles. The maximum absolute atomic E-state index is 12.4. The Hall–Kier alpha value is -3.19. The van der Waals surface area contributed by atoms with E-state index in [1.165, 1.54) is 0 Å². The van der Waals surface area contributed by atoms with Gasteiger partial charge in [0.15, 0.2) is 0 Å². The minimum Gasteiger partial charge on any atom is -0.457 e. The van der Waals surface area contributed by atoms with Gasteiger partial charge in [-0.05, 0) is 47.9 Å². The van der Waals surface area contributed by atoms with Crippen molar-refractivity contribution >= 4 is 11.7 Å². The minimum atomic E-state index is -0.432. The topological polar surface area (TPSA) is 77.0 Å². The summed E-state index contributed by atoms with van der Waals surface area (Å²) >= 11 is 0. The van der Waals surface area contributed by atoms with Crippen LogP contribution in [0.3, 0.4) is 0 Å². The SMILES string of the molecule is Cc1ccc(NOCc2cc(C(=O)OCc3ccccc3)ccc2COO)cc1. The zero-order chi connectivity index (χ0) is 20.5. The summed E-state index contributed by atoms with van der Waals surface area (Å²) in [7, 11) is 0. The number of rotatable bonds is 9. The largest absolute Gasteiger partial charge is 0.457 e. The highest BCUT2D eigenvalue weighted by atomic mass is 17.1. The van der Waals surface area contributed by atoms with Gasteiger partial charge in [0, 0.05) is 0 Å². The first kappa shape index (κ1) is 20.5. The molecular weight excluding hydrogens is 370 g/mol. The van der Waals surface area contributed by atoms with Gasteiger partial charge in [-0.25, -0.2) is 9.68 Å². The Morgan fingerprint density at radius 3 is 2.38 bits per heavy atom. The van der Waals surface area contributed by atoms with Crippen molar-refractivity contribution in [3.05, 3.63) is 101 Å². The first-order chi connectivity index (χ1) is 14.2. The predicted molar refractivity (Wildman–Crippen MR) is 109 cm³/mol. The number of anilines is 1. The Labute approximate surface area is 169 Å². The average Bonchev–Trinajstić information content (AvgIpc) is 2.75. The van der Waals surface area contributed by atoms with E-state index in [9.17, 15) is 4.79 Å². The van der Waals surface area contributed by atoms with E-state index in [1.54, 1.807) is 18.2 Å². The maximum atomic E-state index is 12.4. The van der Waals surface area contributed by atoms with Crippen LogP contribution < -0.4 is 5.48 Å². The van der Waals surface area contributed by atoms with Crippen molar-refractivity contribution in [2.24, 2.45) is 0 Å². The molecule has 0 aliphatic rings. The van der Waals surface area contributed by atoms with Crippen molar-refractivity contribution in [2.45, 2.75) is 26.7 Å². The Morgan fingerprint density at radius 2 is 1.66 bits per heavy atom. The molecule has 3 aromatic carbocycles. The lowest BCUT2D eigenvalue weighted by molar-refractivity contribution is -0.253. The number of nitrogens with one attached hydrogen (secondary N) is 1. The summed E-state index contributed by atoms with van der Waals surface area (Å²) in [6.07, 6.45) is 0. The Bertz CT molecular complexity index is 926. The molecule has 3 rings (SSSR count). The van der Waals surface area contributed by atoms with E-state index in [0.717, 1.165) is 16.8 Å². The van der Waals surface area contributed by atoms with Gasteiger partial charge in [-0.1, -0.05) is 54.1 Å². The lowest BCUT2D eigenvalue weighted by atomic mass is 10.0. The minimum absolute atomic E-state index is 0.0113. The second-order valence-electron chi connectivity index (χ2n) is 6.58. The van der Waals surface area contributed by atoms with Gasteiger partial charge >= 0.3 is 5.97 Å². The molecule has 0 aromatic heterocycles. The van der Waals surface area contributed by atoms with Crippen LogP contribution >= 0.6 is 0 Å².